The summed E-state index contributed by atoms with van der Waals surface area (Å²) in [6.45, 7) is 2.31. The monoisotopic (exact) mass is 184 g/mol. The molecule has 0 unspecified atom stereocenters. The average Bonchev–Trinajstić information content (AvgIpc) is 2.17. The largest absolute Gasteiger partial charge is 0.353 e. The third kappa shape index (κ3) is 3.22. The molecule has 0 spiro atoms. The van der Waals surface area contributed by atoms with Crippen molar-refractivity contribution < 1.29 is 0 Å². The Morgan fingerprint density at radius 3 is 2.38 bits per heavy atom. The summed E-state index contributed by atoms with van der Waals surface area (Å²) in [5.74, 6) is 6.86. The van der Waals surface area contributed by atoms with E-state index in [0.717, 1.165) is 5.92 Å². The van der Waals surface area contributed by atoms with Gasteiger partial charge in [0.2, 0.25) is 5.96 Å². The van der Waals surface area contributed by atoms with Gasteiger partial charge in [0.05, 0.1) is 0 Å². The second kappa shape index (κ2) is 5.07. The van der Waals surface area contributed by atoms with Gasteiger partial charge in [0, 0.05) is 13.1 Å². The lowest BCUT2D eigenvalue weighted by Crippen LogP contribution is -2.47. The van der Waals surface area contributed by atoms with Crippen LogP contribution >= 0.6 is 0 Å². The lowest BCUT2D eigenvalue weighted by Gasteiger charge is -2.27. The highest BCUT2D eigenvalue weighted by molar-refractivity contribution is 5.79. The van der Waals surface area contributed by atoms with Gasteiger partial charge >= 0.3 is 0 Å². The predicted octanol–water partition coefficient (Wildman–Crippen LogP) is 0.604. The number of nitrogens with one attached hydrogen (secondary N) is 2. The molecule has 76 valence electrons. The Bertz CT molecular complexity index is 170. The fraction of sp³-hybridized carbons (Fsp3) is 0.889. The van der Waals surface area contributed by atoms with Crippen LogP contribution in [0.25, 0.3) is 0 Å². The van der Waals surface area contributed by atoms with E-state index >= 15 is 0 Å². The third-order valence-electron chi connectivity index (χ3n) is 2.72. The standard InChI is InChI=1S/C9H20N4/c1-7-3-5-8(6-4-7)12-9(11-2)13-10/h7-8H,3-6,10H2,1-2H3,(H2,11,12,13). The summed E-state index contributed by atoms with van der Waals surface area (Å²) in [6, 6.07) is 0.547. The molecular weight excluding hydrogens is 164 g/mol. The summed E-state index contributed by atoms with van der Waals surface area (Å²) >= 11 is 0. The Labute approximate surface area is 80.0 Å². The zero-order chi connectivity index (χ0) is 9.68. The van der Waals surface area contributed by atoms with Crippen LogP contribution in [-0.4, -0.2) is 19.0 Å². The number of nitrogens with two attached hydrogens (primary N) is 1. The number of guanidine groups is 1. The quantitative estimate of drug-likeness (QED) is 0.242. The fourth-order valence-corrected chi connectivity index (χ4v) is 1.77. The molecule has 0 heterocycles. The van der Waals surface area contributed by atoms with Gasteiger partial charge in [-0.15, -0.1) is 0 Å². The summed E-state index contributed by atoms with van der Waals surface area (Å²) in [5, 5.41) is 3.29. The second-order valence-corrected chi connectivity index (χ2v) is 3.82. The van der Waals surface area contributed by atoms with Crippen LogP contribution in [0.2, 0.25) is 0 Å². The molecule has 1 fully saturated rings. The van der Waals surface area contributed by atoms with Gasteiger partial charge in [0.25, 0.3) is 0 Å². The molecule has 0 atom stereocenters. The van der Waals surface area contributed by atoms with Gasteiger partial charge in [-0.1, -0.05) is 6.92 Å². The molecule has 1 rings (SSSR count). The van der Waals surface area contributed by atoms with Crippen LogP contribution in [0.3, 0.4) is 0 Å². The van der Waals surface area contributed by atoms with Gasteiger partial charge in [-0.2, -0.15) is 0 Å². The van der Waals surface area contributed by atoms with Gasteiger partial charge in [-0.25, -0.2) is 5.84 Å². The number of hydrazine groups is 1. The van der Waals surface area contributed by atoms with E-state index < -0.39 is 0 Å². The number of nitrogens with zero attached hydrogens (tertiary/aromatic N) is 1. The molecule has 0 aliphatic heterocycles. The zero-order valence-electron chi connectivity index (χ0n) is 8.51. The predicted molar refractivity (Wildman–Crippen MR) is 55.2 cm³/mol. The number of rotatable bonds is 1. The maximum absolute atomic E-state index is 5.28. The van der Waals surface area contributed by atoms with E-state index in [4.69, 9.17) is 5.84 Å². The van der Waals surface area contributed by atoms with E-state index in [1.54, 1.807) is 7.05 Å². The lowest BCUT2D eigenvalue weighted by molar-refractivity contribution is 0.329. The minimum atomic E-state index is 0.547. The van der Waals surface area contributed by atoms with Crippen LogP contribution in [-0.2, 0) is 0 Å². The lowest BCUT2D eigenvalue weighted by atomic mass is 9.87. The van der Waals surface area contributed by atoms with Crippen molar-refractivity contribution in [3.63, 3.8) is 0 Å². The van der Waals surface area contributed by atoms with Crippen LogP contribution in [0.15, 0.2) is 4.99 Å². The molecule has 0 saturated heterocycles. The third-order valence-corrected chi connectivity index (χ3v) is 2.72. The van der Waals surface area contributed by atoms with Crippen molar-refractivity contribution >= 4 is 5.96 Å². The van der Waals surface area contributed by atoms with E-state index in [1.165, 1.54) is 25.7 Å². The molecule has 0 bridgehead atoms. The SMILES string of the molecule is CN=C(NN)NC1CCC(C)CC1. The summed E-state index contributed by atoms with van der Waals surface area (Å²) in [5.41, 5.74) is 2.55. The van der Waals surface area contributed by atoms with Crippen molar-refractivity contribution in [2.75, 3.05) is 7.05 Å². The summed E-state index contributed by atoms with van der Waals surface area (Å²) in [7, 11) is 1.73. The fourth-order valence-electron chi connectivity index (χ4n) is 1.77. The van der Waals surface area contributed by atoms with E-state index in [9.17, 15) is 0 Å². The van der Waals surface area contributed by atoms with Crippen molar-refractivity contribution in [2.24, 2.45) is 16.8 Å². The topological polar surface area (TPSA) is 62.4 Å². The molecule has 4 N–H and O–H groups in total. The highest BCUT2D eigenvalue weighted by Gasteiger charge is 2.18. The summed E-state index contributed by atoms with van der Waals surface area (Å²) < 4.78 is 0. The minimum absolute atomic E-state index is 0.547. The Kier molecular flexibility index (Phi) is 4.02. The molecule has 0 aromatic carbocycles. The van der Waals surface area contributed by atoms with Gasteiger partial charge in [0.15, 0.2) is 0 Å². The summed E-state index contributed by atoms with van der Waals surface area (Å²) in [6.07, 6.45) is 5.06. The van der Waals surface area contributed by atoms with Crippen molar-refractivity contribution in [2.45, 2.75) is 38.6 Å². The van der Waals surface area contributed by atoms with E-state index in [0.29, 0.717) is 12.0 Å². The maximum atomic E-state index is 5.28. The maximum Gasteiger partial charge on any atom is 0.205 e. The second-order valence-electron chi connectivity index (χ2n) is 3.82. The van der Waals surface area contributed by atoms with Gasteiger partial charge in [-0.3, -0.25) is 10.4 Å². The first-order chi connectivity index (χ1) is 6.26. The van der Waals surface area contributed by atoms with Crippen LogP contribution in [0.4, 0.5) is 0 Å². The number of hydrogen-bond acceptors (Lipinski definition) is 2. The smallest absolute Gasteiger partial charge is 0.205 e. The van der Waals surface area contributed by atoms with Crippen molar-refractivity contribution in [1.82, 2.24) is 10.7 Å². The van der Waals surface area contributed by atoms with Crippen LogP contribution < -0.4 is 16.6 Å². The molecule has 1 aliphatic rings. The van der Waals surface area contributed by atoms with Gasteiger partial charge in [-0.05, 0) is 31.6 Å². The number of hydrogen-bond donors (Lipinski definition) is 3. The van der Waals surface area contributed by atoms with Crippen molar-refractivity contribution in [3.8, 4) is 0 Å². The number of aliphatic imine (C=N–C) groups is 1. The Morgan fingerprint density at radius 1 is 1.31 bits per heavy atom. The molecular formula is C9H20N4. The molecule has 0 radical (unpaired) electrons. The van der Waals surface area contributed by atoms with E-state index in [2.05, 4.69) is 22.7 Å². The molecule has 13 heavy (non-hydrogen) atoms. The van der Waals surface area contributed by atoms with Crippen LogP contribution in [0, 0.1) is 5.92 Å². The molecule has 4 heteroatoms. The summed E-state index contributed by atoms with van der Waals surface area (Å²) in [4.78, 5) is 3.99. The minimum Gasteiger partial charge on any atom is -0.353 e. The molecule has 1 aliphatic carbocycles. The zero-order valence-corrected chi connectivity index (χ0v) is 8.51. The van der Waals surface area contributed by atoms with Crippen molar-refractivity contribution in [3.05, 3.63) is 0 Å². The van der Waals surface area contributed by atoms with E-state index in [1.807, 2.05) is 0 Å². The molecule has 1 saturated carbocycles. The normalized spacial score (nSPS) is 29.9. The Hall–Kier alpha value is -0.770. The first-order valence-electron chi connectivity index (χ1n) is 4.96. The molecule has 0 amide bonds. The highest BCUT2D eigenvalue weighted by Crippen LogP contribution is 2.23. The molecule has 4 nitrogen and oxygen atoms in total. The molecule has 0 aromatic heterocycles. The first-order valence-corrected chi connectivity index (χ1v) is 4.96. The first kappa shape index (κ1) is 10.3. The van der Waals surface area contributed by atoms with Crippen LogP contribution in [0.5, 0.6) is 0 Å². The van der Waals surface area contributed by atoms with Gasteiger partial charge in [0.1, 0.15) is 0 Å². The Morgan fingerprint density at radius 2 is 1.92 bits per heavy atom. The van der Waals surface area contributed by atoms with Crippen molar-refractivity contribution in [1.29, 1.82) is 0 Å². The van der Waals surface area contributed by atoms with E-state index in [-0.39, 0.29) is 0 Å². The Balaban J connectivity index is 2.29. The average molecular weight is 184 g/mol. The van der Waals surface area contributed by atoms with Crippen LogP contribution in [0.1, 0.15) is 32.6 Å². The molecule has 0 aromatic rings. The highest BCUT2D eigenvalue weighted by atomic mass is 15.3. The van der Waals surface area contributed by atoms with Gasteiger partial charge < -0.3 is 5.32 Å².